The molecule has 4 rings (SSSR count). The minimum Gasteiger partial charge on any atom is -0.493 e. The Balaban J connectivity index is 1.40. The first kappa shape index (κ1) is 22.9. The second kappa shape index (κ2) is 11.0. The van der Waals surface area contributed by atoms with Crippen LogP contribution in [0, 0.1) is 0 Å². The van der Waals surface area contributed by atoms with Gasteiger partial charge in [-0.25, -0.2) is 4.98 Å². The standard InChI is InChI=1S/C28H26N2O4/c1-32-25-15-14-20(18-26(25)33-2)16-17-34-27-13-7-12-24(30-27)22-10-6-11-23(19-22)29-28(31)21-8-4-3-5-9-21/h3-15,18-19H,16-17H2,1-2H3,(H,29,31). The summed E-state index contributed by atoms with van der Waals surface area (Å²) in [7, 11) is 3.24. The van der Waals surface area contributed by atoms with Gasteiger partial charge in [-0.1, -0.05) is 42.5 Å². The first-order valence-electron chi connectivity index (χ1n) is 10.9. The van der Waals surface area contributed by atoms with Crippen molar-refractivity contribution in [2.75, 3.05) is 26.1 Å². The molecule has 6 heteroatoms. The SMILES string of the molecule is COc1ccc(CCOc2cccc(-c3cccc(NC(=O)c4ccccc4)c3)n2)cc1OC. The molecule has 0 saturated heterocycles. The Hall–Kier alpha value is -4.32. The number of anilines is 1. The number of hydrogen-bond acceptors (Lipinski definition) is 5. The fourth-order valence-electron chi connectivity index (χ4n) is 3.51. The molecular weight excluding hydrogens is 428 g/mol. The van der Waals surface area contributed by atoms with Gasteiger partial charge in [0.25, 0.3) is 5.91 Å². The minimum atomic E-state index is -0.155. The summed E-state index contributed by atoms with van der Waals surface area (Å²) in [5.41, 5.74) is 4.04. The van der Waals surface area contributed by atoms with Crippen molar-refractivity contribution in [2.24, 2.45) is 0 Å². The second-order valence-corrected chi connectivity index (χ2v) is 7.55. The lowest BCUT2D eigenvalue weighted by molar-refractivity contribution is 0.102. The van der Waals surface area contributed by atoms with Gasteiger partial charge < -0.3 is 19.5 Å². The quantitative estimate of drug-likeness (QED) is 0.354. The monoisotopic (exact) mass is 454 g/mol. The van der Waals surface area contributed by atoms with E-state index in [4.69, 9.17) is 14.2 Å². The van der Waals surface area contributed by atoms with Crippen LogP contribution in [0.2, 0.25) is 0 Å². The number of rotatable bonds is 9. The minimum absolute atomic E-state index is 0.155. The van der Waals surface area contributed by atoms with Crippen LogP contribution >= 0.6 is 0 Å². The van der Waals surface area contributed by atoms with Gasteiger partial charge >= 0.3 is 0 Å². The molecule has 4 aromatic rings. The molecule has 6 nitrogen and oxygen atoms in total. The molecule has 1 heterocycles. The van der Waals surface area contributed by atoms with E-state index >= 15 is 0 Å². The van der Waals surface area contributed by atoms with Gasteiger partial charge in [-0.05, 0) is 48.0 Å². The first-order chi connectivity index (χ1) is 16.7. The number of nitrogens with one attached hydrogen (secondary N) is 1. The molecule has 0 bridgehead atoms. The summed E-state index contributed by atoms with van der Waals surface area (Å²) < 4.78 is 16.5. The zero-order valence-corrected chi connectivity index (χ0v) is 19.2. The predicted molar refractivity (Wildman–Crippen MR) is 133 cm³/mol. The average molecular weight is 455 g/mol. The van der Waals surface area contributed by atoms with E-state index < -0.39 is 0 Å². The maximum absolute atomic E-state index is 12.5. The average Bonchev–Trinajstić information content (AvgIpc) is 2.89. The summed E-state index contributed by atoms with van der Waals surface area (Å²) in [6.07, 6.45) is 0.702. The van der Waals surface area contributed by atoms with E-state index in [-0.39, 0.29) is 5.91 Å². The molecule has 1 amide bonds. The number of aromatic nitrogens is 1. The van der Waals surface area contributed by atoms with Crippen LogP contribution in [0.1, 0.15) is 15.9 Å². The Bertz CT molecular complexity index is 1260. The Morgan fingerprint density at radius 1 is 0.824 bits per heavy atom. The number of benzene rings is 3. The summed E-state index contributed by atoms with van der Waals surface area (Å²) in [4.78, 5) is 17.1. The highest BCUT2D eigenvalue weighted by Gasteiger charge is 2.08. The lowest BCUT2D eigenvalue weighted by Gasteiger charge is -2.11. The van der Waals surface area contributed by atoms with Gasteiger partial charge in [0.15, 0.2) is 11.5 Å². The van der Waals surface area contributed by atoms with Crippen LogP contribution in [0.15, 0.2) is 91.0 Å². The summed E-state index contributed by atoms with van der Waals surface area (Å²) in [5.74, 6) is 1.78. The van der Waals surface area contributed by atoms with Crippen molar-refractivity contribution in [1.82, 2.24) is 4.98 Å². The highest BCUT2D eigenvalue weighted by Crippen LogP contribution is 2.28. The van der Waals surface area contributed by atoms with E-state index in [2.05, 4.69) is 10.3 Å². The van der Waals surface area contributed by atoms with Crippen molar-refractivity contribution in [1.29, 1.82) is 0 Å². The van der Waals surface area contributed by atoms with Crippen molar-refractivity contribution in [2.45, 2.75) is 6.42 Å². The molecule has 172 valence electrons. The van der Waals surface area contributed by atoms with Crippen molar-refractivity contribution >= 4 is 11.6 Å². The summed E-state index contributed by atoms with van der Waals surface area (Å²) in [5, 5.41) is 2.94. The number of pyridine rings is 1. The highest BCUT2D eigenvalue weighted by atomic mass is 16.5. The van der Waals surface area contributed by atoms with E-state index in [1.54, 1.807) is 26.4 Å². The fraction of sp³-hybridized carbons (Fsp3) is 0.143. The van der Waals surface area contributed by atoms with Crippen molar-refractivity contribution in [3.8, 4) is 28.6 Å². The molecule has 34 heavy (non-hydrogen) atoms. The number of methoxy groups -OCH3 is 2. The normalized spacial score (nSPS) is 10.4. The Morgan fingerprint density at radius 2 is 1.62 bits per heavy atom. The zero-order valence-electron chi connectivity index (χ0n) is 19.2. The molecular formula is C28H26N2O4. The Morgan fingerprint density at radius 3 is 2.41 bits per heavy atom. The summed E-state index contributed by atoms with van der Waals surface area (Å²) in [6.45, 7) is 0.471. The predicted octanol–water partition coefficient (Wildman–Crippen LogP) is 5.64. The smallest absolute Gasteiger partial charge is 0.255 e. The van der Waals surface area contributed by atoms with E-state index in [9.17, 15) is 4.79 Å². The van der Waals surface area contributed by atoms with Crippen LogP contribution < -0.4 is 19.5 Å². The van der Waals surface area contributed by atoms with Gasteiger partial charge in [-0.2, -0.15) is 0 Å². The molecule has 1 aromatic heterocycles. The third-order valence-electron chi connectivity index (χ3n) is 5.26. The molecule has 0 radical (unpaired) electrons. The lowest BCUT2D eigenvalue weighted by atomic mass is 10.1. The lowest BCUT2D eigenvalue weighted by Crippen LogP contribution is -2.11. The van der Waals surface area contributed by atoms with E-state index in [0.717, 1.165) is 16.8 Å². The van der Waals surface area contributed by atoms with Crippen LogP contribution in [-0.4, -0.2) is 31.7 Å². The van der Waals surface area contributed by atoms with Gasteiger partial charge in [0.2, 0.25) is 5.88 Å². The molecule has 0 spiro atoms. The van der Waals surface area contributed by atoms with Crippen molar-refractivity contribution < 1.29 is 19.0 Å². The topological polar surface area (TPSA) is 69.7 Å². The van der Waals surface area contributed by atoms with Crippen molar-refractivity contribution in [3.05, 3.63) is 102 Å². The molecule has 0 aliphatic heterocycles. The second-order valence-electron chi connectivity index (χ2n) is 7.55. The van der Waals surface area contributed by atoms with E-state index in [1.807, 2.05) is 78.9 Å². The molecule has 3 aromatic carbocycles. The largest absolute Gasteiger partial charge is 0.493 e. The van der Waals surface area contributed by atoms with Gasteiger partial charge in [-0.15, -0.1) is 0 Å². The zero-order chi connectivity index (χ0) is 23.8. The molecule has 0 aliphatic carbocycles. The molecule has 1 N–H and O–H groups in total. The van der Waals surface area contributed by atoms with Gasteiger partial charge in [-0.3, -0.25) is 4.79 Å². The summed E-state index contributed by atoms with van der Waals surface area (Å²) >= 11 is 0. The van der Waals surface area contributed by atoms with Crippen LogP contribution in [0.25, 0.3) is 11.3 Å². The fourth-order valence-corrected chi connectivity index (χ4v) is 3.51. The van der Waals surface area contributed by atoms with Crippen LogP contribution in [0.5, 0.6) is 17.4 Å². The van der Waals surface area contributed by atoms with Gasteiger partial charge in [0, 0.05) is 29.3 Å². The molecule has 0 saturated carbocycles. The number of carbonyl (C=O) groups is 1. The molecule has 0 atom stereocenters. The van der Waals surface area contributed by atoms with E-state index in [1.165, 1.54) is 0 Å². The number of ether oxygens (including phenoxy) is 3. The number of nitrogens with zero attached hydrogens (tertiary/aromatic N) is 1. The summed E-state index contributed by atoms with van der Waals surface area (Å²) in [6, 6.07) is 28.2. The Labute approximate surface area is 199 Å². The molecule has 0 unspecified atom stereocenters. The molecule has 0 fully saturated rings. The molecule has 0 aliphatic rings. The van der Waals surface area contributed by atoms with Crippen LogP contribution in [0.3, 0.4) is 0 Å². The third-order valence-corrected chi connectivity index (χ3v) is 5.26. The number of carbonyl (C=O) groups excluding carboxylic acids is 1. The maximum atomic E-state index is 12.5. The van der Waals surface area contributed by atoms with Crippen LogP contribution in [0.4, 0.5) is 5.69 Å². The maximum Gasteiger partial charge on any atom is 0.255 e. The third kappa shape index (κ3) is 5.72. The van der Waals surface area contributed by atoms with Crippen LogP contribution in [-0.2, 0) is 6.42 Å². The number of hydrogen-bond donors (Lipinski definition) is 1. The van der Waals surface area contributed by atoms with Crippen molar-refractivity contribution in [3.63, 3.8) is 0 Å². The van der Waals surface area contributed by atoms with Gasteiger partial charge in [0.1, 0.15) is 0 Å². The first-order valence-corrected chi connectivity index (χ1v) is 10.9. The number of amides is 1. The van der Waals surface area contributed by atoms with E-state index in [0.29, 0.717) is 41.7 Å². The van der Waals surface area contributed by atoms with Gasteiger partial charge in [0.05, 0.1) is 26.5 Å². The highest BCUT2D eigenvalue weighted by molar-refractivity contribution is 6.04. The Kier molecular flexibility index (Phi) is 7.40.